The maximum absolute atomic E-state index is 12.3. The van der Waals surface area contributed by atoms with E-state index in [1.165, 1.54) is 11.0 Å². The number of likely N-dealkylation sites (tertiary alicyclic amines) is 1. The summed E-state index contributed by atoms with van der Waals surface area (Å²) in [6.07, 6.45) is -6.37. The number of ether oxygens (including phenoxy) is 1. The van der Waals surface area contributed by atoms with Gasteiger partial charge < -0.3 is 25.6 Å². The number of rotatable bonds is 5. The summed E-state index contributed by atoms with van der Waals surface area (Å²) < 4.78 is 41.0. The molecular weight excluding hydrogens is 417 g/mol. The van der Waals surface area contributed by atoms with E-state index in [1.54, 1.807) is 13.0 Å². The molecule has 0 aliphatic carbocycles. The average Bonchev–Trinajstić information content (AvgIpc) is 2.67. The average molecular weight is 439 g/mol. The van der Waals surface area contributed by atoms with Gasteiger partial charge in [-0.25, -0.2) is 4.79 Å². The van der Waals surface area contributed by atoms with E-state index in [9.17, 15) is 27.9 Å². The van der Waals surface area contributed by atoms with Crippen LogP contribution in [0.2, 0.25) is 5.02 Å². The Morgan fingerprint density at radius 1 is 1.34 bits per heavy atom. The summed E-state index contributed by atoms with van der Waals surface area (Å²) in [5, 5.41) is 19.8. The third kappa shape index (κ3) is 5.52. The summed E-state index contributed by atoms with van der Waals surface area (Å²) in [6, 6.07) is 2.55. The second kappa shape index (κ2) is 9.19. The maximum Gasteiger partial charge on any atom is 0.490 e. The van der Waals surface area contributed by atoms with Crippen molar-refractivity contribution in [1.29, 1.82) is 0 Å². The van der Waals surface area contributed by atoms with Gasteiger partial charge in [-0.1, -0.05) is 11.6 Å². The monoisotopic (exact) mass is 438 g/mol. The van der Waals surface area contributed by atoms with E-state index >= 15 is 0 Å². The van der Waals surface area contributed by atoms with Crippen LogP contribution < -0.4 is 5.73 Å². The number of alkyl halides is 3. The fraction of sp³-hybridized carbons (Fsp3) is 0.556. The Kier molecular flexibility index (Phi) is 7.36. The van der Waals surface area contributed by atoms with Crippen LogP contribution in [0, 0.1) is 12.8 Å². The third-order valence-electron chi connectivity index (χ3n) is 4.95. The maximum atomic E-state index is 12.3. The molecular formula is C18H22ClF3N2O5. The molecule has 11 heteroatoms. The molecule has 1 saturated heterocycles. The Morgan fingerprint density at radius 3 is 2.45 bits per heavy atom. The largest absolute Gasteiger partial charge is 0.508 e. The topological polar surface area (TPSA) is 113 Å². The Labute approximate surface area is 170 Å². The first kappa shape index (κ1) is 23.2. The zero-order chi connectivity index (χ0) is 21.9. The lowest BCUT2D eigenvalue weighted by Crippen LogP contribution is -2.48. The van der Waals surface area contributed by atoms with Crippen molar-refractivity contribution in [2.45, 2.75) is 38.1 Å². The molecule has 0 saturated carbocycles. The number of carbonyl (C=O) groups excluding carboxylic acids is 2. The zero-order valence-electron chi connectivity index (χ0n) is 15.6. The van der Waals surface area contributed by atoms with E-state index in [0.717, 1.165) is 0 Å². The molecule has 162 valence electrons. The minimum absolute atomic E-state index is 0.0114. The SMILES string of the molecule is Cc1cc(O)c([C@H](N)C2CCN(C(=O)[C@@H](CO)OC(=O)C(F)(F)F)CC2)cc1Cl. The van der Waals surface area contributed by atoms with Crippen LogP contribution in [0.4, 0.5) is 13.2 Å². The van der Waals surface area contributed by atoms with Crippen molar-refractivity contribution < 1.29 is 37.7 Å². The van der Waals surface area contributed by atoms with Gasteiger partial charge in [-0.05, 0) is 43.4 Å². The first-order valence-corrected chi connectivity index (χ1v) is 9.25. The number of aryl methyl sites for hydroxylation is 1. The standard InChI is InChI=1S/C18H22ClF3N2O5/c1-9-6-13(26)11(7-12(9)19)15(23)10-2-4-24(5-3-10)16(27)14(8-25)29-17(28)18(20,21)22/h6-7,10,14-15,25-26H,2-5,8,23H2,1H3/t14-,15-/m1/s1. The van der Waals surface area contributed by atoms with Gasteiger partial charge in [-0.2, -0.15) is 13.2 Å². The Balaban J connectivity index is 1.99. The van der Waals surface area contributed by atoms with Gasteiger partial charge in [0, 0.05) is 29.7 Å². The molecule has 29 heavy (non-hydrogen) atoms. The molecule has 1 aliphatic heterocycles. The summed E-state index contributed by atoms with van der Waals surface area (Å²) in [6.45, 7) is 0.982. The summed E-state index contributed by atoms with van der Waals surface area (Å²) in [5.74, 6) is -3.54. The third-order valence-corrected chi connectivity index (χ3v) is 5.36. The number of aromatic hydroxyl groups is 1. The summed E-state index contributed by atoms with van der Waals surface area (Å²) in [5.41, 5.74) is 7.42. The normalized spacial score (nSPS) is 17.7. The van der Waals surface area contributed by atoms with Crippen LogP contribution in [0.3, 0.4) is 0 Å². The number of aliphatic hydroxyl groups excluding tert-OH is 1. The van der Waals surface area contributed by atoms with Crippen molar-refractivity contribution in [3.63, 3.8) is 0 Å². The molecule has 4 N–H and O–H groups in total. The van der Waals surface area contributed by atoms with Crippen molar-refractivity contribution in [2.75, 3.05) is 19.7 Å². The van der Waals surface area contributed by atoms with E-state index in [1.807, 2.05) is 0 Å². The Hall–Kier alpha value is -2.04. The Morgan fingerprint density at radius 2 is 1.93 bits per heavy atom. The second-order valence-electron chi connectivity index (χ2n) is 6.92. The lowest BCUT2D eigenvalue weighted by molar-refractivity contribution is -0.208. The van der Waals surface area contributed by atoms with Crippen molar-refractivity contribution in [3.05, 3.63) is 28.3 Å². The number of hydrogen-bond donors (Lipinski definition) is 3. The quantitative estimate of drug-likeness (QED) is 0.606. The molecule has 1 aliphatic rings. The van der Waals surface area contributed by atoms with Gasteiger partial charge in [0.1, 0.15) is 5.75 Å². The fourth-order valence-corrected chi connectivity index (χ4v) is 3.42. The van der Waals surface area contributed by atoms with Crippen LogP contribution in [0.15, 0.2) is 12.1 Å². The van der Waals surface area contributed by atoms with Crippen molar-refractivity contribution >= 4 is 23.5 Å². The van der Waals surface area contributed by atoms with E-state index in [0.29, 0.717) is 29.0 Å². The highest BCUT2D eigenvalue weighted by Gasteiger charge is 2.44. The number of nitrogens with two attached hydrogens (primary N) is 1. The lowest BCUT2D eigenvalue weighted by atomic mass is 9.85. The van der Waals surface area contributed by atoms with Crippen molar-refractivity contribution in [2.24, 2.45) is 11.7 Å². The summed E-state index contributed by atoms with van der Waals surface area (Å²) in [4.78, 5) is 24.4. The highest BCUT2D eigenvalue weighted by molar-refractivity contribution is 6.31. The number of hydrogen-bond acceptors (Lipinski definition) is 6. The summed E-state index contributed by atoms with van der Waals surface area (Å²) in [7, 11) is 0. The van der Waals surface area contributed by atoms with Gasteiger partial charge in [0.25, 0.3) is 5.91 Å². The van der Waals surface area contributed by atoms with E-state index < -0.39 is 36.8 Å². The van der Waals surface area contributed by atoms with Gasteiger partial charge in [0.15, 0.2) is 0 Å². The van der Waals surface area contributed by atoms with E-state index in [-0.39, 0.29) is 24.8 Å². The molecule has 1 aromatic carbocycles. The Bertz CT molecular complexity index is 767. The molecule has 0 radical (unpaired) electrons. The number of piperidine rings is 1. The molecule has 2 rings (SSSR count). The number of aliphatic hydroxyl groups is 1. The number of esters is 1. The number of phenols is 1. The van der Waals surface area contributed by atoms with Gasteiger partial charge in [-0.15, -0.1) is 0 Å². The number of halogens is 4. The predicted octanol–water partition coefficient (Wildman–Crippen LogP) is 2.06. The zero-order valence-corrected chi connectivity index (χ0v) is 16.3. The van der Waals surface area contributed by atoms with Crippen LogP contribution in [0.25, 0.3) is 0 Å². The molecule has 1 heterocycles. The smallest absolute Gasteiger partial charge is 0.490 e. The highest BCUT2D eigenvalue weighted by atomic mass is 35.5. The predicted molar refractivity (Wildman–Crippen MR) is 97.1 cm³/mol. The molecule has 7 nitrogen and oxygen atoms in total. The minimum Gasteiger partial charge on any atom is -0.508 e. The molecule has 0 bridgehead atoms. The molecule has 1 amide bonds. The van der Waals surface area contributed by atoms with Crippen LogP contribution in [-0.2, 0) is 14.3 Å². The van der Waals surface area contributed by atoms with Crippen LogP contribution in [-0.4, -0.2) is 59.0 Å². The van der Waals surface area contributed by atoms with Crippen LogP contribution in [0.1, 0.15) is 30.0 Å². The molecule has 2 atom stereocenters. The van der Waals surface area contributed by atoms with Gasteiger partial charge in [0.05, 0.1) is 6.61 Å². The minimum atomic E-state index is -5.26. The van der Waals surface area contributed by atoms with E-state index in [2.05, 4.69) is 4.74 Å². The second-order valence-corrected chi connectivity index (χ2v) is 7.33. The first-order chi connectivity index (χ1) is 13.5. The van der Waals surface area contributed by atoms with Crippen molar-refractivity contribution in [1.82, 2.24) is 4.90 Å². The van der Waals surface area contributed by atoms with Crippen molar-refractivity contribution in [3.8, 4) is 5.75 Å². The number of nitrogens with zero attached hydrogens (tertiary/aromatic N) is 1. The molecule has 0 unspecified atom stereocenters. The van der Waals surface area contributed by atoms with Crippen LogP contribution >= 0.6 is 11.6 Å². The van der Waals surface area contributed by atoms with Crippen LogP contribution in [0.5, 0.6) is 5.75 Å². The highest BCUT2D eigenvalue weighted by Crippen LogP contribution is 2.36. The molecule has 1 fully saturated rings. The summed E-state index contributed by atoms with van der Waals surface area (Å²) >= 11 is 6.09. The van der Waals surface area contributed by atoms with E-state index in [4.69, 9.17) is 22.4 Å². The van der Waals surface area contributed by atoms with Gasteiger partial charge >= 0.3 is 12.1 Å². The van der Waals surface area contributed by atoms with Gasteiger partial charge in [-0.3, -0.25) is 4.79 Å². The number of carbonyl (C=O) groups is 2. The van der Waals surface area contributed by atoms with Gasteiger partial charge in [0.2, 0.25) is 6.10 Å². The fourth-order valence-electron chi connectivity index (χ4n) is 3.25. The molecule has 1 aromatic rings. The lowest BCUT2D eigenvalue weighted by Gasteiger charge is -2.36. The number of phenolic OH excluding ortho intramolecular Hbond substituents is 1. The number of amides is 1. The molecule has 0 spiro atoms. The number of benzene rings is 1. The first-order valence-electron chi connectivity index (χ1n) is 8.87. The molecule has 0 aromatic heterocycles.